The Morgan fingerprint density at radius 3 is 2.25 bits per heavy atom. The third-order valence-electron chi connectivity index (χ3n) is 1.33. The molecule has 1 rings (SSSR count). The first-order valence-corrected chi connectivity index (χ1v) is 5.78. The van der Waals surface area contributed by atoms with Crippen LogP contribution in [0.4, 0.5) is 0 Å². The van der Waals surface area contributed by atoms with Crippen molar-refractivity contribution in [2.45, 2.75) is 0 Å². The van der Waals surface area contributed by atoms with Crippen molar-refractivity contribution in [1.82, 2.24) is 0 Å². The Morgan fingerprint density at radius 2 is 1.83 bits per heavy atom. The van der Waals surface area contributed by atoms with Gasteiger partial charge in [0.15, 0.2) is 0 Å². The fourth-order valence-corrected chi connectivity index (χ4v) is 1.85. The maximum absolute atomic E-state index is 9.50. The highest BCUT2D eigenvalue weighted by Gasteiger charge is 2.12. The van der Waals surface area contributed by atoms with Gasteiger partial charge in [-0.05, 0) is 23.9 Å². The van der Waals surface area contributed by atoms with Crippen molar-refractivity contribution < 1.29 is 9.42 Å². The van der Waals surface area contributed by atoms with E-state index in [1.54, 1.807) is 12.1 Å². The summed E-state index contributed by atoms with van der Waals surface area (Å²) < 4.78 is 4.81. The van der Waals surface area contributed by atoms with Gasteiger partial charge in [0, 0.05) is 12.4 Å². The van der Waals surface area contributed by atoms with Gasteiger partial charge in [0.2, 0.25) is 6.49 Å². The van der Waals surface area contributed by atoms with Crippen molar-refractivity contribution in [3.8, 4) is 0 Å². The van der Waals surface area contributed by atoms with Crippen molar-refractivity contribution in [2.75, 3.05) is 7.11 Å². The first kappa shape index (κ1) is 12.1. The maximum atomic E-state index is 9.50. The fraction of sp³-hybridized carbons (Fsp3) is 0.143. The van der Waals surface area contributed by atoms with Gasteiger partial charge in [0.05, 0.1) is 0 Å². The van der Waals surface area contributed by atoms with Crippen molar-refractivity contribution in [3.05, 3.63) is 30.3 Å². The smallest absolute Gasteiger partial charge is 0.216 e. The van der Waals surface area contributed by atoms with E-state index in [2.05, 4.69) is 0 Å². The quantitative estimate of drug-likeness (QED) is 0.776. The first-order chi connectivity index (χ1) is 5.17. The average molecular weight is 225 g/mol. The van der Waals surface area contributed by atoms with Crippen LogP contribution in [-0.4, -0.2) is 12.0 Å². The van der Waals surface area contributed by atoms with Crippen molar-refractivity contribution in [1.29, 1.82) is 0 Å². The van der Waals surface area contributed by atoms with Gasteiger partial charge in [-0.1, -0.05) is 18.2 Å². The summed E-state index contributed by atoms with van der Waals surface area (Å²) in [5, 5.41) is 0.692. The Balaban J connectivity index is 0.00000121. The molecule has 0 aliphatic rings. The predicted octanol–water partition coefficient (Wildman–Crippen LogP) is 1.68. The number of rotatable bonds is 2. The Bertz CT molecular complexity index is 278. The third kappa shape index (κ3) is 2.85. The van der Waals surface area contributed by atoms with Crippen LogP contribution in [0.25, 0.3) is 0 Å². The SMILES string of the molecule is COP(O)(=S)c1ccccc1.Cl. The summed E-state index contributed by atoms with van der Waals surface area (Å²) >= 11 is 4.86. The van der Waals surface area contributed by atoms with Crippen LogP contribution >= 0.6 is 18.9 Å². The number of halogens is 1. The van der Waals surface area contributed by atoms with Gasteiger partial charge in [0.25, 0.3) is 0 Å². The van der Waals surface area contributed by atoms with E-state index in [0.29, 0.717) is 5.30 Å². The summed E-state index contributed by atoms with van der Waals surface area (Å²) in [5.41, 5.74) is 0. The maximum Gasteiger partial charge on any atom is 0.216 e. The molecule has 0 amide bonds. The molecule has 0 aliphatic heterocycles. The summed E-state index contributed by atoms with van der Waals surface area (Å²) in [5.74, 6) is 0. The van der Waals surface area contributed by atoms with Crippen LogP contribution in [-0.2, 0) is 16.3 Å². The molecule has 0 bridgehead atoms. The minimum atomic E-state index is -2.69. The molecule has 1 aromatic rings. The van der Waals surface area contributed by atoms with Gasteiger partial charge < -0.3 is 9.42 Å². The molecule has 2 nitrogen and oxygen atoms in total. The van der Waals surface area contributed by atoms with Crippen LogP contribution in [0, 0.1) is 0 Å². The molecule has 0 radical (unpaired) electrons. The molecule has 1 aromatic carbocycles. The van der Waals surface area contributed by atoms with Gasteiger partial charge in [-0.2, -0.15) is 0 Å². The summed E-state index contributed by atoms with van der Waals surface area (Å²) in [6, 6.07) is 9.06. The minimum Gasteiger partial charge on any atom is -0.342 e. The largest absolute Gasteiger partial charge is 0.342 e. The van der Waals surface area contributed by atoms with E-state index < -0.39 is 6.49 Å². The second-order valence-corrected chi connectivity index (χ2v) is 5.45. The van der Waals surface area contributed by atoms with E-state index in [9.17, 15) is 4.89 Å². The van der Waals surface area contributed by atoms with Crippen LogP contribution in [0.1, 0.15) is 0 Å². The zero-order chi connectivity index (χ0) is 8.32. The van der Waals surface area contributed by atoms with Crippen molar-refractivity contribution in [2.24, 2.45) is 0 Å². The van der Waals surface area contributed by atoms with Crippen LogP contribution in [0.3, 0.4) is 0 Å². The van der Waals surface area contributed by atoms with E-state index in [1.165, 1.54) is 7.11 Å². The highest BCUT2D eigenvalue weighted by Crippen LogP contribution is 2.39. The number of hydrogen-bond acceptors (Lipinski definition) is 2. The number of benzene rings is 1. The van der Waals surface area contributed by atoms with Gasteiger partial charge >= 0.3 is 0 Å². The molecule has 0 saturated carbocycles. The van der Waals surface area contributed by atoms with Crippen LogP contribution in [0.2, 0.25) is 0 Å². The zero-order valence-electron chi connectivity index (χ0n) is 6.51. The molecule has 68 valence electrons. The summed E-state index contributed by atoms with van der Waals surface area (Å²) in [6.07, 6.45) is 0. The van der Waals surface area contributed by atoms with E-state index in [4.69, 9.17) is 16.3 Å². The van der Waals surface area contributed by atoms with Gasteiger partial charge in [0.1, 0.15) is 0 Å². The summed E-state index contributed by atoms with van der Waals surface area (Å²) in [4.78, 5) is 9.50. The van der Waals surface area contributed by atoms with E-state index in [1.807, 2.05) is 18.2 Å². The normalized spacial score (nSPS) is 14.5. The Morgan fingerprint density at radius 1 is 1.33 bits per heavy atom. The molecule has 1 N–H and O–H groups in total. The molecule has 0 heterocycles. The van der Waals surface area contributed by atoms with Gasteiger partial charge in [-0.25, -0.2) is 0 Å². The van der Waals surface area contributed by atoms with Crippen molar-refractivity contribution in [3.63, 3.8) is 0 Å². The molecule has 0 fully saturated rings. The lowest BCUT2D eigenvalue weighted by Crippen LogP contribution is -2.03. The Labute approximate surface area is 83.2 Å². The van der Waals surface area contributed by atoms with E-state index in [0.717, 1.165) is 0 Å². The Hall–Kier alpha value is 0.0800. The highest BCUT2D eigenvalue weighted by atomic mass is 35.5. The molecule has 12 heavy (non-hydrogen) atoms. The monoisotopic (exact) mass is 224 g/mol. The zero-order valence-corrected chi connectivity index (χ0v) is 9.03. The minimum absolute atomic E-state index is 0. The van der Waals surface area contributed by atoms with Gasteiger partial charge in [-0.3, -0.25) is 0 Å². The predicted molar refractivity (Wildman–Crippen MR) is 56.8 cm³/mol. The molecule has 0 aromatic heterocycles. The molecular formula is C7H10ClO2PS. The molecule has 1 unspecified atom stereocenters. The highest BCUT2D eigenvalue weighted by molar-refractivity contribution is 8.13. The fourth-order valence-electron chi connectivity index (χ4n) is 0.722. The summed E-state index contributed by atoms with van der Waals surface area (Å²) in [6.45, 7) is -2.69. The molecular weight excluding hydrogens is 215 g/mol. The lowest BCUT2D eigenvalue weighted by atomic mass is 10.4. The Kier molecular flexibility index (Phi) is 4.98. The third-order valence-corrected chi connectivity index (χ3v) is 3.86. The van der Waals surface area contributed by atoms with E-state index in [-0.39, 0.29) is 12.4 Å². The second-order valence-electron chi connectivity index (χ2n) is 2.04. The van der Waals surface area contributed by atoms with Crippen molar-refractivity contribution >= 4 is 36.0 Å². The standard InChI is InChI=1S/C7H9O2PS.ClH/c1-9-10(8,11)7-5-3-2-4-6-7;/h2-6H,1H3,(H,8,11);1H. The topological polar surface area (TPSA) is 29.5 Å². The average Bonchev–Trinajstić information content (AvgIpc) is 2.06. The number of hydrogen-bond donors (Lipinski definition) is 1. The lowest BCUT2D eigenvalue weighted by molar-refractivity contribution is 0.398. The lowest BCUT2D eigenvalue weighted by Gasteiger charge is -2.11. The van der Waals surface area contributed by atoms with Crippen LogP contribution < -0.4 is 5.30 Å². The second kappa shape index (κ2) is 4.95. The van der Waals surface area contributed by atoms with Crippen LogP contribution in [0.15, 0.2) is 30.3 Å². The first-order valence-electron chi connectivity index (χ1n) is 3.11. The van der Waals surface area contributed by atoms with Crippen LogP contribution in [0.5, 0.6) is 0 Å². The summed E-state index contributed by atoms with van der Waals surface area (Å²) in [7, 11) is 1.42. The molecule has 0 aliphatic carbocycles. The molecule has 1 atom stereocenters. The van der Waals surface area contributed by atoms with E-state index >= 15 is 0 Å². The molecule has 5 heteroatoms. The molecule has 0 spiro atoms. The van der Waals surface area contributed by atoms with Gasteiger partial charge in [-0.15, -0.1) is 12.4 Å². The molecule has 0 saturated heterocycles.